The minimum atomic E-state index is -0.323. The number of carbonyl (C=O) groups excluding carboxylic acids is 2. The van der Waals surface area contributed by atoms with E-state index in [4.69, 9.17) is 4.74 Å². The standard InChI is InChI=1S/C36H70O3.Ca.Na.3H/c1-3-5-7-9-11-13-15-17-19-21-23-25-27-29-31-33-35(37)39-36(38)34-32-30-28-26-24-22-20-18-16-14-12-10-8-6-4-2;;;;;/h3-34H2,1-2H3;;;;;. The van der Waals surface area contributed by atoms with Gasteiger partial charge in [0.15, 0.2) is 0 Å². The monoisotopic (exact) mass is 617 g/mol. The number of hydrogen-bond donors (Lipinski definition) is 0. The number of unbranched alkanes of at least 4 members (excludes halogenated alkanes) is 28. The van der Waals surface area contributed by atoms with Crippen molar-refractivity contribution in [1.82, 2.24) is 0 Å². The van der Waals surface area contributed by atoms with Crippen LogP contribution in [-0.2, 0) is 14.3 Å². The molecule has 0 aliphatic rings. The molecule has 0 saturated carbocycles. The average molecular weight is 617 g/mol. The van der Waals surface area contributed by atoms with E-state index in [0.717, 1.165) is 25.7 Å². The van der Waals surface area contributed by atoms with Crippen molar-refractivity contribution in [2.24, 2.45) is 0 Å². The van der Waals surface area contributed by atoms with Crippen molar-refractivity contribution in [3.8, 4) is 0 Å². The molecule has 0 aliphatic carbocycles. The normalized spacial score (nSPS) is 10.7. The summed E-state index contributed by atoms with van der Waals surface area (Å²) in [5.74, 6) is -0.647. The van der Waals surface area contributed by atoms with Gasteiger partial charge in [-0.3, -0.25) is 9.59 Å². The first-order chi connectivity index (χ1) is 19.2. The van der Waals surface area contributed by atoms with Gasteiger partial charge < -0.3 is 4.74 Å². The summed E-state index contributed by atoms with van der Waals surface area (Å²) in [7, 11) is 0. The second kappa shape index (κ2) is 41.4. The second-order valence-electron chi connectivity index (χ2n) is 12.2. The molecule has 0 spiro atoms. The van der Waals surface area contributed by atoms with E-state index in [-0.39, 0.29) is 79.2 Å². The molecule has 0 bridgehead atoms. The molecule has 0 fully saturated rings. The Balaban J connectivity index is -0.00000722. The predicted molar refractivity (Wildman–Crippen MR) is 186 cm³/mol. The van der Waals surface area contributed by atoms with Crippen LogP contribution in [0.2, 0.25) is 0 Å². The first kappa shape index (κ1) is 46.8. The van der Waals surface area contributed by atoms with E-state index in [0.29, 0.717) is 12.8 Å². The van der Waals surface area contributed by atoms with Crippen LogP contribution in [0.15, 0.2) is 0 Å². The van der Waals surface area contributed by atoms with Gasteiger partial charge in [-0.1, -0.05) is 194 Å². The fraction of sp³-hybridized carbons (Fsp3) is 0.944. The summed E-state index contributed by atoms with van der Waals surface area (Å²) in [5.41, 5.74) is 0. The quantitative estimate of drug-likeness (QED) is 0.0327. The topological polar surface area (TPSA) is 43.4 Å². The van der Waals surface area contributed by atoms with Crippen LogP contribution in [0.5, 0.6) is 0 Å². The Morgan fingerprint density at radius 1 is 0.341 bits per heavy atom. The minimum absolute atomic E-state index is 0. The molecule has 0 rings (SSSR count). The van der Waals surface area contributed by atoms with Gasteiger partial charge in [0.25, 0.3) is 0 Å². The van der Waals surface area contributed by atoms with E-state index >= 15 is 0 Å². The zero-order valence-electron chi connectivity index (χ0n) is 26.9. The zero-order chi connectivity index (χ0) is 28.5. The Bertz CT molecular complexity index is 471. The molecule has 41 heavy (non-hydrogen) atoms. The van der Waals surface area contributed by atoms with Gasteiger partial charge in [0.05, 0.1) is 0 Å². The zero-order valence-corrected chi connectivity index (χ0v) is 26.9. The number of hydrogen-bond acceptors (Lipinski definition) is 3. The van der Waals surface area contributed by atoms with Gasteiger partial charge in [0.2, 0.25) is 0 Å². The average Bonchev–Trinajstić information content (AvgIpc) is 2.93. The van der Waals surface area contributed by atoms with Gasteiger partial charge in [-0.15, -0.1) is 0 Å². The van der Waals surface area contributed by atoms with Crippen LogP contribution < -0.4 is 0 Å². The van der Waals surface area contributed by atoms with Gasteiger partial charge in [-0.2, -0.15) is 0 Å². The molecule has 0 atom stereocenters. The van der Waals surface area contributed by atoms with Crippen molar-refractivity contribution >= 4 is 79.2 Å². The van der Waals surface area contributed by atoms with Crippen LogP contribution >= 0.6 is 0 Å². The molecule has 0 aromatic rings. The molecule has 5 heteroatoms. The summed E-state index contributed by atoms with van der Waals surface area (Å²) >= 11 is 0. The van der Waals surface area contributed by atoms with Gasteiger partial charge >= 0.3 is 79.2 Å². The number of rotatable bonds is 32. The molecule has 238 valence electrons. The molecular weight excluding hydrogens is 543 g/mol. The Kier molecular flexibility index (Phi) is 47.3. The van der Waals surface area contributed by atoms with Crippen molar-refractivity contribution < 1.29 is 14.3 Å². The Labute approximate surface area is 309 Å². The van der Waals surface area contributed by atoms with Gasteiger partial charge in [0.1, 0.15) is 0 Å². The summed E-state index contributed by atoms with van der Waals surface area (Å²) in [6, 6.07) is 0. The van der Waals surface area contributed by atoms with E-state index in [1.807, 2.05) is 0 Å². The van der Waals surface area contributed by atoms with Crippen molar-refractivity contribution in [1.29, 1.82) is 0 Å². The van der Waals surface area contributed by atoms with Crippen molar-refractivity contribution in [3.63, 3.8) is 0 Å². The van der Waals surface area contributed by atoms with Crippen LogP contribution in [0.4, 0.5) is 0 Å². The van der Waals surface area contributed by atoms with Crippen LogP contribution in [-0.4, -0.2) is 79.2 Å². The number of ether oxygens (including phenoxy) is 1. The Morgan fingerprint density at radius 2 is 0.512 bits per heavy atom. The number of esters is 2. The van der Waals surface area contributed by atoms with E-state index in [1.165, 1.54) is 167 Å². The summed E-state index contributed by atoms with van der Waals surface area (Å²) in [6.07, 6.45) is 40.1. The third-order valence-electron chi connectivity index (χ3n) is 8.20. The molecule has 0 radical (unpaired) electrons. The second-order valence-corrected chi connectivity index (χ2v) is 12.2. The summed E-state index contributed by atoms with van der Waals surface area (Å²) in [6.45, 7) is 4.55. The van der Waals surface area contributed by atoms with Crippen molar-refractivity contribution in [2.75, 3.05) is 0 Å². The fourth-order valence-electron chi connectivity index (χ4n) is 5.51. The summed E-state index contributed by atoms with van der Waals surface area (Å²) < 4.78 is 5.01. The van der Waals surface area contributed by atoms with Gasteiger partial charge in [-0.05, 0) is 12.8 Å². The SMILES string of the molecule is CCCCCCCCCCCCCCCCCC(=O)OC(=O)CCCCCCCCCCCCCCCCC.[CaH2].[NaH]. The third-order valence-corrected chi connectivity index (χ3v) is 8.20. The van der Waals surface area contributed by atoms with Crippen molar-refractivity contribution in [3.05, 3.63) is 0 Å². The van der Waals surface area contributed by atoms with Crippen LogP contribution in [0.1, 0.15) is 219 Å². The molecule has 3 nitrogen and oxygen atoms in total. The van der Waals surface area contributed by atoms with E-state index in [2.05, 4.69) is 13.8 Å². The first-order valence-electron chi connectivity index (χ1n) is 17.9. The molecular formula is C36H73CaNaO3. The summed E-state index contributed by atoms with van der Waals surface area (Å²) in [4.78, 5) is 23.8. The molecule has 0 aromatic heterocycles. The summed E-state index contributed by atoms with van der Waals surface area (Å²) in [5, 5.41) is 0. The maximum atomic E-state index is 11.9. The van der Waals surface area contributed by atoms with Gasteiger partial charge in [-0.25, -0.2) is 0 Å². The predicted octanol–water partition coefficient (Wildman–Crippen LogP) is 11.0. The molecule has 0 saturated heterocycles. The van der Waals surface area contributed by atoms with Crippen LogP contribution in [0, 0.1) is 0 Å². The number of carbonyl (C=O) groups is 2. The molecule has 0 amide bonds. The van der Waals surface area contributed by atoms with E-state index in [1.54, 1.807) is 0 Å². The van der Waals surface area contributed by atoms with Gasteiger partial charge in [0, 0.05) is 12.8 Å². The molecule has 0 heterocycles. The van der Waals surface area contributed by atoms with E-state index in [9.17, 15) is 9.59 Å². The molecule has 0 N–H and O–H groups in total. The van der Waals surface area contributed by atoms with Crippen LogP contribution in [0.25, 0.3) is 0 Å². The Morgan fingerprint density at radius 3 is 0.707 bits per heavy atom. The van der Waals surface area contributed by atoms with Crippen molar-refractivity contribution in [2.45, 2.75) is 219 Å². The van der Waals surface area contributed by atoms with Crippen LogP contribution in [0.3, 0.4) is 0 Å². The molecule has 0 aromatic carbocycles. The molecule has 0 aliphatic heterocycles. The fourth-order valence-corrected chi connectivity index (χ4v) is 5.51. The first-order valence-corrected chi connectivity index (χ1v) is 17.9. The Hall–Kier alpha value is 1.40. The third kappa shape index (κ3) is 41.4. The molecule has 0 unspecified atom stereocenters. The van der Waals surface area contributed by atoms with E-state index < -0.39 is 0 Å². The maximum absolute atomic E-state index is 11.9.